The van der Waals surface area contributed by atoms with E-state index in [-0.39, 0.29) is 16.7 Å². The van der Waals surface area contributed by atoms with E-state index in [1.807, 2.05) is 116 Å². The molecule has 0 bridgehead atoms. The van der Waals surface area contributed by atoms with E-state index in [1.165, 1.54) is 68.9 Å². The number of nitrogens with one attached hydrogen (secondary N) is 1. The predicted octanol–water partition coefficient (Wildman–Crippen LogP) is 17.8. The fraction of sp³-hybridized carbons (Fsp3) is 0.308. The van der Waals surface area contributed by atoms with Crippen LogP contribution >= 0.6 is 76.5 Å². The Bertz CT molecular complexity index is 3100. The van der Waals surface area contributed by atoms with Gasteiger partial charge in [0.25, 0.3) is 5.56 Å². The van der Waals surface area contributed by atoms with Crippen LogP contribution in [-0.2, 0) is 29.9 Å². The summed E-state index contributed by atoms with van der Waals surface area (Å²) < 4.78 is 32.1. The summed E-state index contributed by atoms with van der Waals surface area (Å²) in [5.41, 5.74) is 5.35. The summed E-state index contributed by atoms with van der Waals surface area (Å²) in [5, 5.41) is 1.19. The normalized spacial score (nSPS) is 9.94. The number of carbonyl (C=O) groups is 1. The van der Waals surface area contributed by atoms with E-state index in [9.17, 15) is 9.59 Å². The molecular weight excluding hydrogens is 1480 g/mol. The van der Waals surface area contributed by atoms with Crippen molar-refractivity contribution in [3.8, 4) is 17.6 Å². The molecule has 0 unspecified atom stereocenters. The minimum atomic E-state index is -1.94. The second kappa shape index (κ2) is 49.2. The number of carbonyl (C=O) groups excluding carboxylic acids is 1. The molecule has 1 radical (unpaired) electrons. The number of allylic oxidation sites excluding steroid dienone is 1. The SMILES string of the molecule is BrCc1ccccc1.Brc1cnc(OCc2ccccc2)cn1.C=C(OCC)c1cnc(OCc2ccccc2)cn1.C=[C](C)[Sn]([CH2]CCC)([CH2]CCC)[CH2]CCC.O=C(CBr)c1cnc(OCc2ccccc2)cn1.O=c1cnc(Br)c[nH]1.[B]=NS. The Labute approximate surface area is 559 Å². The summed E-state index contributed by atoms with van der Waals surface area (Å²) in [6, 6.07) is 39.9. The van der Waals surface area contributed by atoms with Gasteiger partial charge in [-0.05, 0) is 61.0 Å². The van der Waals surface area contributed by atoms with Crippen molar-refractivity contribution >= 4 is 114 Å². The number of H-pyrrole nitrogens is 1. The second-order valence-electron chi connectivity index (χ2n) is 18.7. The minimum absolute atomic E-state index is 0.0999. The first-order chi connectivity index (χ1) is 42.2. The number of nitrogens with zero attached hydrogens (tertiary/aromatic N) is 8. The quantitative estimate of drug-likeness (QED) is 0.0181. The predicted molar refractivity (Wildman–Crippen MR) is 373 cm³/mol. The molecule has 22 heteroatoms. The van der Waals surface area contributed by atoms with Crippen LogP contribution in [0.3, 0.4) is 0 Å². The number of aromatic amines is 1. The Balaban J connectivity index is 0.000000361. The van der Waals surface area contributed by atoms with E-state index in [2.05, 4.69) is 181 Å². The third-order valence-electron chi connectivity index (χ3n) is 12.1. The molecule has 15 nitrogen and oxygen atoms in total. The molecule has 461 valence electrons. The van der Waals surface area contributed by atoms with Crippen molar-refractivity contribution in [2.24, 2.45) is 4.30 Å². The van der Waals surface area contributed by atoms with Crippen LogP contribution in [0.15, 0.2) is 206 Å². The van der Waals surface area contributed by atoms with Gasteiger partial charge in [-0.2, -0.15) is 0 Å². The molecule has 0 fully saturated rings. The van der Waals surface area contributed by atoms with Crippen molar-refractivity contribution < 1.29 is 23.7 Å². The number of ether oxygens (including phenoxy) is 4. The number of alkyl halides is 2. The molecular formula is C65H79BBr4N9O6SSn. The molecule has 4 aromatic carbocycles. The van der Waals surface area contributed by atoms with Crippen LogP contribution in [0.25, 0.3) is 5.76 Å². The van der Waals surface area contributed by atoms with Gasteiger partial charge in [-0.25, -0.2) is 34.9 Å². The molecule has 0 saturated carbocycles. The molecule has 1 N–H and O–H groups in total. The molecule has 0 atom stereocenters. The average molecular weight is 1560 g/mol. The van der Waals surface area contributed by atoms with Crippen molar-refractivity contribution in [2.45, 2.75) is 112 Å². The summed E-state index contributed by atoms with van der Waals surface area (Å²) >= 11 is 14.0. The van der Waals surface area contributed by atoms with Gasteiger partial charge >= 0.3 is 133 Å². The Hall–Kier alpha value is -5.72. The van der Waals surface area contributed by atoms with Crippen LogP contribution in [0.4, 0.5) is 0 Å². The van der Waals surface area contributed by atoms with Crippen LogP contribution in [0, 0.1) is 0 Å². The molecule has 8 rings (SSSR count). The van der Waals surface area contributed by atoms with Crippen molar-refractivity contribution in [3.63, 3.8) is 0 Å². The number of Topliss-reactive ketones (excluding diaryl/α,β-unsaturated/α-hetero) is 1. The summed E-state index contributed by atoms with van der Waals surface area (Å²) in [7, 11) is 4.34. The average Bonchev–Trinajstić information content (AvgIpc) is 3.76. The van der Waals surface area contributed by atoms with Gasteiger partial charge in [0.15, 0.2) is 5.78 Å². The molecule has 4 aromatic heterocycles. The monoisotopic (exact) mass is 1560 g/mol. The van der Waals surface area contributed by atoms with E-state index in [1.54, 1.807) is 41.7 Å². The Morgan fingerprint density at radius 1 is 0.563 bits per heavy atom. The van der Waals surface area contributed by atoms with Gasteiger partial charge in [-0.15, -0.1) is 0 Å². The first kappa shape index (κ1) is 77.4. The maximum absolute atomic E-state index is 11.3. The van der Waals surface area contributed by atoms with Gasteiger partial charge in [0, 0.05) is 11.5 Å². The third-order valence-corrected chi connectivity index (χ3v) is 30.5. The molecule has 0 amide bonds. The fourth-order valence-electron chi connectivity index (χ4n) is 7.41. The summed E-state index contributed by atoms with van der Waals surface area (Å²) in [6.07, 6.45) is 20.4. The number of halogens is 4. The number of hydrogen-bond donors (Lipinski definition) is 2. The Morgan fingerprint density at radius 2 is 0.943 bits per heavy atom. The van der Waals surface area contributed by atoms with E-state index in [0.29, 0.717) is 70.4 Å². The van der Waals surface area contributed by atoms with Gasteiger partial charge in [0.05, 0.1) is 55.3 Å². The zero-order valence-electron chi connectivity index (χ0n) is 50.3. The second-order valence-corrected chi connectivity index (χ2v) is 35.7. The van der Waals surface area contributed by atoms with E-state index in [0.717, 1.165) is 22.0 Å². The topological polar surface area (TPSA) is 189 Å². The van der Waals surface area contributed by atoms with Gasteiger partial charge < -0.3 is 23.9 Å². The zero-order chi connectivity index (χ0) is 63.8. The molecule has 0 aliphatic carbocycles. The Kier molecular flexibility index (Phi) is 43.8. The van der Waals surface area contributed by atoms with Crippen LogP contribution in [0.2, 0.25) is 13.3 Å². The number of rotatable bonds is 25. The number of ketones is 1. The first-order valence-electron chi connectivity index (χ1n) is 28.2. The van der Waals surface area contributed by atoms with Crippen LogP contribution in [0.5, 0.6) is 17.6 Å². The van der Waals surface area contributed by atoms with Crippen molar-refractivity contribution in [1.29, 1.82) is 0 Å². The van der Waals surface area contributed by atoms with Gasteiger partial charge in [-0.1, -0.05) is 160 Å². The number of hydrogen-bond acceptors (Lipinski definition) is 15. The Morgan fingerprint density at radius 3 is 1.23 bits per heavy atom. The summed E-state index contributed by atoms with van der Waals surface area (Å²) in [5.74, 6) is 1.84. The van der Waals surface area contributed by atoms with E-state index < -0.39 is 18.4 Å². The van der Waals surface area contributed by atoms with Crippen molar-refractivity contribution in [3.05, 3.63) is 241 Å². The summed E-state index contributed by atoms with van der Waals surface area (Å²) in [6.45, 7) is 21.4. The van der Waals surface area contributed by atoms with E-state index >= 15 is 0 Å². The van der Waals surface area contributed by atoms with Crippen LogP contribution < -0.4 is 19.8 Å². The molecule has 0 aliphatic heterocycles. The first-order valence-corrected chi connectivity index (χ1v) is 39.9. The maximum atomic E-state index is 11.3. The molecule has 87 heavy (non-hydrogen) atoms. The summed E-state index contributed by atoms with van der Waals surface area (Å²) in [4.78, 5) is 52.2. The van der Waals surface area contributed by atoms with E-state index in [4.69, 9.17) is 18.9 Å². The number of thiol groups is 1. The fourth-order valence-corrected chi connectivity index (χ4v) is 23.1. The van der Waals surface area contributed by atoms with Gasteiger partial charge in [0.2, 0.25) is 17.6 Å². The van der Waals surface area contributed by atoms with Gasteiger partial charge in [0.1, 0.15) is 46.2 Å². The number of unbranched alkanes of at least 4 members (excludes halogenated alkanes) is 3. The number of benzene rings is 4. The van der Waals surface area contributed by atoms with Crippen LogP contribution in [0.1, 0.15) is 112 Å². The third kappa shape index (κ3) is 35.8. The van der Waals surface area contributed by atoms with Gasteiger partial charge in [-0.3, -0.25) is 9.59 Å². The molecule has 0 saturated heterocycles. The van der Waals surface area contributed by atoms with Crippen molar-refractivity contribution in [2.75, 3.05) is 11.9 Å². The molecule has 0 spiro atoms. The van der Waals surface area contributed by atoms with Crippen LogP contribution in [-0.4, -0.2) is 83.6 Å². The molecule has 4 heterocycles. The zero-order valence-corrected chi connectivity index (χ0v) is 60.3. The number of aromatic nitrogens is 8. The molecule has 8 aromatic rings. The standard InChI is InChI=1S/C15H16N2O2.C13H11BrN2O2.C11H9BrN2O.C7H7Br.C4H3BrN2O.3C4H9.C3H5.BHNS.Sn/c1-3-18-12(2)14-9-17-15(10-16-14)19-11-13-7-5-4-6-8-13;14-6-12(17)11-7-16-13(8-15-11)18-9-10-4-2-1-3-5-10;12-10-6-14-11(7-13-10)15-8-9-4-2-1-3-5-9;8-6-7-4-2-1-3-5-7;5-3-1-7-4(8)2-6-3;3*1-3-4-2;1-3-2;1-2-3;/h4-10H,2-3,11H2,1H3;1-5,7-8H,6,9H2;1-7H,8H2;1-5H,6H2;1-2H,(H,7,8);3*1,3-4H2,2H3;1H2,2H3;3H;. The van der Waals surface area contributed by atoms with Crippen molar-refractivity contribution in [1.82, 2.24) is 39.9 Å². The molecule has 0 aliphatic rings.